The summed E-state index contributed by atoms with van der Waals surface area (Å²) in [7, 11) is 0. The summed E-state index contributed by atoms with van der Waals surface area (Å²) in [6.07, 6.45) is 2.24. The van der Waals surface area contributed by atoms with Crippen molar-refractivity contribution >= 4 is 33.9 Å². The van der Waals surface area contributed by atoms with Crippen molar-refractivity contribution < 1.29 is 9.53 Å². The maximum Gasteiger partial charge on any atom is 0.323 e. The average molecular weight is 327 g/mol. The number of para-hydroxylation sites is 1. The maximum atomic E-state index is 11.7. The molecule has 1 unspecified atom stereocenters. The van der Waals surface area contributed by atoms with E-state index >= 15 is 0 Å². The van der Waals surface area contributed by atoms with Crippen molar-refractivity contribution in [1.29, 1.82) is 0 Å². The number of esters is 1. The molecule has 0 aliphatic heterocycles. The molecule has 1 atom stereocenters. The molecule has 0 bridgehead atoms. The number of halogens is 1. The van der Waals surface area contributed by atoms with Crippen LogP contribution in [0.15, 0.2) is 30.5 Å². The zero-order valence-corrected chi connectivity index (χ0v) is 12.8. The Hall–Kier alpha value is -1.33. The van der Waals surface area contributed by atoms with Gasteiger partial charge in [0.2, 0.25) is 0 Å². The molecule has 0 saturated carbocycles. The molecule has 1 heterocycles. The number of aromatic nitrogens is 1. The van der Waals surface area contributed by atoms with Crippen LogP contribution in [0.3, 0.4) is 0 Å². The minimum Gasteiger partial charge on any atom is -0.462 e. The number of hydrogen-bond donors (Lipinski definition) is 2. The third-order valence-corrected chi connectivity index (χ3v) is 2.77. The molecule has 1 aromatic heterocycles. The van der Waals surface area contributed by atoms with Crippen molar-refractivity contribution in [2.75, 3.05) is 0 Å². The van der Waals surface area contributed by atoms with E-state index in [1.54, 1.807) is 0 Å². The Kier molecular flexibility index (Phi) is 5.57. The van der Waals surface area contributed by atoms with Crippen LogP contribution in [0.5, 0.6) is 0 Å². The summed E-state index contributed by atoms with van der Waals surface area (Å²) in [5.41, 5.74) is 7.95. The number of nitrogens with two attached hydrogens (primary N) is 1. The minimum atomic E-state index is -0.619. The molecule has 0 saturated heterocycles. The second kappa shape index (κ2) is 6.73. The molecule has 2 rings (SSSR count). The standard InChI is InChI=1S/C14H18N2O2.BrH/c1-9(2)18-14(17)12(15)7-10-8-16-13-6-4-3-5-11(10)13;/h3-6,8-9,12,16H,7,15H2,1-2H3;1H. The molecule has 19 heavy (non-hydrogen) atoms. The van der Waals surface area contributed by atoms with E-state index in [-0.39, 0.29) is 29.1 Å². The lowest BCUT2D eigenvalue weighted by Crippen LogP contribution is -2.35. The van der Waals surface area contributed by atoms with Crippen molar-refractivity contribution in [2.45, 2.75) is 32.4 Å². The molecular weight excluding hydrogens is 308 g/mol. The lowest BCUT2D eigenvalue weighted by atomic mass is 10.1. The number of nitrogens with one attached hydrogen (secondary N) is 1. The smallest absolute Gasteiger partial charge is 0.323 e. The van der Waals surface area contributed by atoms with Gasteiger partial charge in [0.15, 0.2) is 0 Å². The van der Waals surface area contributed by atoms with Gasteiger partial charge in [-0.15, -0.1) is 17.0 Å². The highest BCUT2D eigenvalue weighted by Gasteiger charge is 2.18. The van der Waals surface area contributed by atoms with Crippen LogP contribution in [0, 0.1) is 0 Å². The number of ether oxygens (including phenoxy) is 1. The SMILES string of the molecule is Br.CC(C)OC(=O)C(N)Cc1c[nH]c2ccccc12. The number of fused-ring (bicyclic) bond motifs is 1. The number of benzene rings is 1. The summed E-state index contributed by atoms with van der Waals surface area (Å²) in [6.45, 7) is 3.63. The first kappa shape index (κ1) is 15.7. The molecule has 1 aromatic carbocycles. The van der Waals surface area contributed by atoms with E-state index in [0.29, 0.717) is 6.42 Å². The molecule has 2 aromatic rings. The fourth-order valence-electron chi connectivity index (χ4n) is 1.94. The van der Waals surface area contributed by atoms with E-state index in [1.165, 1.54) is 0 Å². The van der Waals surface area contributed by atoms with Crippen molar-refractivity contribution in [2.24, 2.45) is 5.73 Å². The van der Waals surface area contributed by atoms with E-state index in [1.807, 2.05) is 44.3 Å². The summed E-state index contributed by atoms with van der Waals surface area (Å²) in [6, 6.07) is 7.33. The van der Waals surface area contributed by atoms with Crippen LogP contribution in [0.1, 0.15) is 19.4 Å². The Balaban J connectivity index is 0.00000180. The first-order valence-corrected chi connectivity index (χ1v) is 6.09. The Morgan fingerprint density at radius 1 is 1.37 bits per heavy atom. The molecule has 0 aliphatic carbocycles. The van der Waals surface area contributed by atoms with Crippen LogP contribution < -0.4 is 5.73 Å². The molecule has 0 radical (unpaired) electrons. The van der Waals surface area contributed by atoms with Crippen molar-refractivity contribution in [3.8, 4) is 0 Å². The summed E-state index contributed by atoms with van der Waals surface area (Å²) in [4.78, 5) is 14.8. The molecule has 5 heteroatoms. The van der Waals surface area contributed by atoms with Gasteiger partial charge in [-0.2, -0.15) is 0 Å². The normalized spacial score (nSPS) is 12.2. The minimum absolute atomic E-state index is 0. The average Bonchev–Trinajstić information content (AvgIpc) is 2.72. The monoisotopic (exact) mass is 326 g/mol. The Morgan fingerprint density at radius 3 is 2.74 bits per heavy atom. The largest absolute Gasteiger partial charge is 0.462 e. The van der Waals surface area contributed by atoms with Gasteiger partial charge in [0.25, 0.3) is 0 Å². The lowest BCUT2D eigenvalue weighted by Gasteiger charge is -2.13. The maximum absolute atomic E-state index is 11.7. The second-order valence-electron chi connectivity index (χ2n) is 4.66. The van der Waals surface area contributed by atoms with Gasteiger partial charge in [-0.3, -0.25) is 4.79 Å². The van der Waals surface area contributed by atoms with Crippen LogP contribution in [-0.4, -0.2) is 23.1 Å². The molecule has 0 aliphatic rings. The summed E-state index contributed by atoms with van der Waals surface area (Å²) in [5, 5.41) is 1.10. The van der Waals surface area contributed by atoms with Gasteiger partial charge < -0.3 is 15.5 Å². The number of hydrogen-bond acceptors (Lipinski definition) is 3. The Bertz CT molecular complexity index is 551. The lowest BCUT2D eigenvalue weighted by molar-refractivity contribution is -0.148. The quantitative estimate of drug-likeness (QED) is 0.848. The van der Waals surface area contributed by atoms with Crippen LogP contribution in [-0.2, 0) is 16.0 Å². The number of carbonyl (C=O) groups excluding carboxylic acids is 1. The van der Waals surface area contributed by atoms with Gasteiger partial charge in [0.1, 0.15) is 6.04 Å². The topological polar surface area (TPSA) is 68.1 Å². The van der Waals surface area contributed by atoms with Crippen molar-refractivity contribution in [3.63, 3.8) is 0 Å². The predicted molar refractivity (Wildman–Crippen MR) is 81.5 cm³/mol. The van der Waals surface area contributed by atoms with Crippen LogP contribution in [0.25, 0.3) is 10.9 Å². The van der Waals surface area contributed by atoms with E-state index in [0.717, 1.165) is 16.5 Å². The van der Waals surface area contributed by atoms with Gasteiger partial charge in [0.05, 0.1) is 6.10 Å². The molecule has 0 spiro atoms. The third kappa shape index (κ3) is 3.81. The van der Waals surface area contributed by atoms with Gasteiger partial charge in [0, 0.05) is 23.5 Å². The van der Waals surface area contributed by atoms with Crippen LogP contribution in [0.4, 0.5) is 0 Å². The van der Waals surface area contributed by atoms with E-state index in [4.69, 9.17) is 10.5 Å². The van der Waals surface area contributed by atoms with Gasteiger partial charge in [-0.05, 0) is 25.5 Å². The molecule has 0 fully saturated rings. The molecule has 3 N–H and O–H groups in total. The number of aromatic amines is 1. The molecule has 4 nitrogen and oxygen atoms in total. The van der Waals surface area contributed by atoms with E-state index < -0.39 is 6.04 Å². The molecule has 0 amide bonds. The van der Waals surface area contributed by atoms with Gasteiger partial charge in [-0.1, -0.05) is 18.2 Å². The number of rotatable bonds is 4. The molecule has 104 valence electrons. The fraction of sp³-hybridized carbons (Fsp3) is 0.357. The van der Waals surface area contributed by atoms with Crippen molar-refractivity contribution in [1.82, 2.24) is 4.98 Å². The Morgan fingerprint density at radius 2 is 2.05 bits per heavy atom. The summed E-state index contributed by atoms with van der Waals surface area (Å²) >= 11 is 0. The second-order valence-corrected chi connectivity index (χ2v) is 4.66. The highest BCUT2D eigenvalue weighted by atomic mass is 79.9. The number of H-pyrrole nitrogens is 1. The van der Waals surface area contributed by atoms with Crippen LogP contribution in [0.2, 0.25) is 0 Å². The fourth-order valence-corrected chi connectivity index (χ4v) is 1.94. The van der Waals surface area contributed by atoms with Gasteiger partial charge in [-0.25, -0.2) is 0 Å². The van der Waals surface area contributed by atoms with E-state index in [9.17, 15) is 4.79 Å². The highest BCUT2D eigenvalue weighted by Crippen LogP contribution is 2.18. The predicted octanol–water partition coefficient (Wildman–Crippen LogP) is 2.57. The Labute approximate surface area is 123 Å². The zero-order valence-electron chi connectivity index (χ0n) is 11.1. The van der Waals surface area contributed by atoms with Gasteiger partial charge >= 0.3 is 5.97 Å². The van der Waals surface area contributed by atoms with Crippen molar-refractivity contribution in [3.05, 3.63) is 36.0 Å². The number of carbonyl (C=O) groups is 1. The molecular formula is C14H19BrN2O2. The summed E-state index contributed by atoms with van der Waals surface area (Å²) < 4.78 is 5.10. The first-order chi connectivity index (χ1) is 8.58. The van der Waals surface area contributed by atoms with Crippen LogP contribution >= 0.6 is 17.0 Å². The highest BCUT2D eigenvalue weighted by molar-refractivity contribution is 8.93. The first-order valence-electron chi connectivity index (χ1n) is 6.09. The van der Waals surface area contributed by atoms with E-state index in [2.05, 4.69) is 4.98 Å². The third-order valence-electron chi connectivity index (χ3n) is 2.77. The zero-order chi connectivity index (χ0) is 13.1. The summed E-state index contributed by atoms with van der Waals surface area (Å²) in [5.74, 6) is -0.352.